The first-order valence-corrected chi connectivity index (χ1v) is 9.58. The number of aliphatic hydroxyl groups excluding tert-OH is 3. The van der Waals surface area contributed by atoms with E-state index in [0.29, 0.717) is 11.3 Å². The Labute approximate surface area is 175 Å². The Bertz CT molecular complexity index is 1030. The van der Waals surface area contributed by atoms with Crippen LogP contribution >= 0.6 is 0 Å². The van der Waals surface area contributed by atoms with Crippen molar-refractivity contribution in [1.29, 1.82) is 0 Å². The lowest BCUT2D eigenvalue weighted by atomic mass is 9.95. The van der Waals surface area contributed by atoms with Gasteiger partial charge in [0.05, 0.1) is 25.6 Å². The molecule has 0 saturated carbocycles. The molecule has 1 aliphatic heterocycles. The Morgan fingerprint density at radius 3 is 2.77 bits per heavy atom. The molecule has 0 radical (unpaired) electrons. The van der Waals surface area contributed by atoms with Crippen LogP contribution in [0.4, 0.5) is 4.39 Å². The molecule has 1 saturated heterocycles. The van der Waals surface area contributed by atoms with Crippen LogP contribution in [0.25, 0.3) is 11.3 Å². The number of hydrogen-bond donors (Lipinski definition) is 4. The molecule has 0 amide bonds. The van der Waals surface area contributed by atoms with Gasteiger partial charge in [0.25, 0.3) is 0 Å². The molecule has 1 aliphatic rings. The summed E-state index contributed by atoms with van der Waals surface area (Å²) in [4.78, 5) is 12.2. The highest BCUT2D eigenvalue weighted by molar-refractivity contribution is 5.95. The molecule has 3 aromatic rings. The Morgan fingerprint density at radius 2 is 2.06 bits per heavy atom. The average molecular weight is 432 g/mol. The van der Waals surface area contributed by atoms with Gasteiger partial charge in [-0.1, -0.05) is 17.3 Å². The predicted molar refractivity (Wildman–Crippen MR) is 103 cm³/mol. The van der Waals surface area contributed by atoms with Crippen LogP contribution in [0.1, 0.15) is 16.6 Å². The molecule has 0 unspecified atom stereocenters. The number of aromatic nitrogens is 3. The SMILES string of the molecule is O=C(CN[C@H]1O[C@@H](CO)[C@@H](O)[C@@H](n2cc(-c3cccc(F)c3)nn2)[C@@H]1O)c1ccco1. The van der Waals surface area contributed by atoms with Gasteiger partial charge in [0, 0.05) is 5.56 Å². The third-order valence-electron chi connectivity index (χ3n) is 5.09. The number of nitrogens with zero attached hydrogens (tertiary/aromatic N) is 3. The summed E-state index contributed by atoms with van der Waals surface area (Å²) < 4.78 is 25.3. The summed E-state index contributed by atoms with van der Waals surface area (Å²) in [5.74, 6) is -0.661. The fraction of sp³-hybridized carbons (Fsp3) is 0.350. The molecule has 0 aliphatic carbocycles. The van der Waals surface area contributed by atoms with Crippen molar-refractivity contribution in [2.45, 2.75) is 30.6 Å². The lowest BCUT2D eigenvalue weighted by molar-refractivity contribution is -0.213. The van der Waals surface area contributed by atoms with Gasteiger partial charge >= 0.3 is 0 Å². The van der Waals surface area contributed by atoms with E-state index in [0.717, 1.165) is 0 Å². The van der Waals surface area contributed by atoms with Crippen molar-refractivity contribution in [3.63, 3.8) is 0 Å². The normalized spacial score (nSPS) is 26.1. The van der Waals surface area contributed by atoms with Crippen LogP contribution in [0.5, 0.6) is 0 Å². The fourth-order valence-corrected chi connectivity index (χ4v) is 3.50. The van der Waals surface area contributed by atoms with Crippen molar-refractivity contribution < 1.29 is 33.7 Å². The molecule has 10 nitrogen and oxygen atoms in total. The number of aliphatic hydroxyl groups is 3. The number of ketones is 1. The van der Waals surface area contributed by atoms with Crippen LogP contribution in [0.15, 0.2) is 53.3 Å². The average Bonchev–Trinajstić information content (AvgIpc) is 3.46. The third-order valence-corrected chi connectivity index (χ3v) is 5.09. The largest absolute Gasteiger partial charge is 0.461 e. The maximum absolute atomic E-state index is 13.5. The van der Waals surface area contributed by atoms with Gasteiger partial charge in [-0.25, -0.2) is 9.07 Å². The zero-order valence-electron chi connectivity index (χ0n) is 16.2. The Morgan fingerprint density at radius 1 is 1.23 bits per heavy atom. The molecule has 0 spiro atoms. The third kappa shape index (κ3) is 4.40. The molecule has 3 heterocycles. The molecule has 1 aromatic carbocycles. The van der Waals surface area contributed by atoms with E-state index < -0.39 is 43.0 Å². The van der Waals surface area contributed by atoms with E-state index in [-0.39, 0.29) is 18.1 Å². The van der Waals surface area contributed by atoms with Crippen molar-refractivity contribution in [2.75, 3.05) is 13.2 Å². The van der Waals surface area contributed by atoms with E-state index in [9.17, 15) is 24.5 Å². The second-order valence-corrected chi connectivity index (χ2v) is 7.13. The molecule has 5 atom stereocenters. The summed E-state index contributed by atoms with van der Waals surface area (Å²) >= 11 is 0. The molecule has 164 valence electrons. The topological polar surface area (TPSA) is 143 Å². The van der Waals surface area contributed by atoms with Crippen LogP contribution in [-0.4, -0.2) is 73.8 Å². The standard InChI is InChI=1S/C20H21FN4O6/c21-12-4-1-3-11(7-12)13-9-25(24-23-13)17-18(28)16(10-26)31-20(19(17)29)22-8-14(27)15-5-2-6-30-15/h1-7,9,16-20,22,26,28-29H,8,10H2/t16-,17+,18+,19-,20-/m0/s1. The quantitative estimate of drug-likeness (QED) is 0.383. The first kappa shape index (κ1) is 21.3. The Kier molecular flexibility index (Phi) is 6.20. The van der Waals surface area contributed by atoms with Crippen LogP contribution in [0.2, 0.25) is 0 Å². The van der Waals surface area contributed by atoms with E-state index in [1.807, 2.05) is 0 Å². The number of halogens is 1. The second kappa shape index (κ2) is 9.04. The summed E-state index contributed by atoms with van der Waals surface area (Å²) in [7, 11) is 0. The molecule has 31 heavy (non-hydrogen) atoms. The number of Topliss-reactive ketones (excluding diaryl/α,β-unsaturated/α-hetero) is 1. The first-order valence-electron chi connectivity index (χ1n) is 9.58. The Hall–Kier alpha value is -2.96. The molecule has 1 fully saturated rings. The minimum atomic E-state index is -1.34. The summed E-state index contributed by atoms with van der Waals surface area (Å²) in [6.07, 6.45) is -1.98. The van der Waals surface area contributed by atoms with E-state index in [1.54, 1.807) is 12.1 Å². The van der Waals surface area contributed by atoms with Crippen molar-refractivity contribution in [2.24, 2.45) is 0 Å². The number of furan rings is 1. The molecule has 2 aromatic heterocycles. The predicted octanol–water partition coefficient (Wildman–Crippen LogP) is 0.130. The number of nitrogens with one attached hydrogen (secondary N) is 1. The smallest absolute Gasteiger partial charge is 0.211 e. The minimum absolute atomic E-state index is 0.143. The van der Waals surface area contributed by atoms with Crippen molar-refractivity contribution >= 4 is 5.78 Å². The summed E-state index contributed by atoms with van der Waals surface area (Å²) in [5, 5.41) is 41.8. The highest BCUT2D eigenvalue weighted by atomic mass is 19.1. The summed E-state index contributed by atoms with van der Waals surface area (Å²) in [5.41, 5.74) is 0.808. The van der Waals surface area contributed by atoms with Gasteiger partial charge in [-0.2, -0.15) is 0 Å². The van der Waals surface area contributed by atoms with Gasteiger partial charge in [0.2, 0.25) is 5.78 Å². The molecule has 0 bridgehead atoms. The maximum Gasteiger partial charge on any atom is 0.211 e. The summed E-state index contributed by atoms with van der Waals surface area (Å²) in [6.45, 7) is -0.734. The van der Waals surface area contributed by atoms with Crippen LogP contribution < -0.4 is 5.32 Å². The second-order valence-electron chi connectivity index (χ2n) is 7.13. The van der Waals surface area contributed by atoms with Crippen molar-refractivity contribution in [1.82, 2.24) is 20.3 Å². The van der Waals surface area contributed by atoms with Crippen molar-refractivity contribution in [3.8, 4) is 11.3 Å². The molecular formula is C20H21FN4O6. The monoisotopic (exact) mass is 432 g/mol. The van der Waals surface area contributed by atoms with Gasteiger partial charge in [-0.15, -0.1) is 5.10 Å². The molecule has 4 rings (SSSR count). The lowest BCUT2D eigenvalue weighted by Gasteiger charge is -2.42. The van der Waals surface area contributed by atoms with Crippen LogP contribution in [-0.2, 0) is 4.74 Å². The maximum atomic E-state index is 13.5. The zero-order chi connectivity index (χ0) is 22.0. The lowest BCUT2D eigenvalue weighted by Crippen LogP contribution is -2.60. The van der Waals surface area contributed by atoms with E-state index in [1.165, 1.54) is 41.4 Å². The fourth-order valence-electron chi connectivity index (χ4n) is 3.50. The van der Waals surface area contributed by atoms with Gasteiger partial charge in [-0.05, 0) is 24.3 Å². The van der Waals surface area contributed by atoms with E-state index in [4.69, 9.17) is 9.15 Å². The van der Waals surface area contributed by atoms with Gasteiger partial charge in [0.15, 0.2) is 5.76 Å². The number of rotatable bonds is 7. The van der Waals surface area contributed by atoms with Crippen LogP contribution in [0, 0.1) is 5.82 Å². The van der Waals surface area contributed by atoms with Gasteiger partial charge < -0.3 is 24.5 Å². The van der Waals surface area contributed by atoms with Gasteiger partial charge in [-0.3, -0.25) is 10.1 Å². The number of hydrogen-bond acceptors (Lipinski definition) is 9. The minimum Gasteiger partial charge on any atom is -0.461 e. The highest BCUT2D eigenvalue weighted by Crippen LogP contribution is 2.30. The number of ether oxygens (including phenoxy) is 1. The van der Waals surface area contributed by atoms with Crippen LogP contribution in [0.3, 0.4) is 0 Å². The highest BCUT2D eigenvalue weighted by Gasteiger charge is 2.46. The van der Waals surface area contributed by atoms with Gasteiger partial charge in [0.1, 0.15) is 42.1 Å². The van der Waals surface area contributed by atoms with E-state index in [2.05, 4.69) is 15.6 Å². The Balaban J connectivity index is 1.53. The number of benzene rings is 1. The molecule has 4 N–H and O–H groups in total. The zero-order valence-corrected chi connectivity index (χ0v) is 16.2. The van der Waals surface area contributed by atoms with E-state index >= 15 is 0 Å². The number of carbonyl (C=O) groups excluding carboxylic acids is 1. The summed E-state index contributed by atoms with van der Waals surface area (Å²) in [6, 6.07) is 7.80. The molecular weight excluding hydrogens is 411 g/mol. The number of carbonyl (C=O) groups is 1. The first-order chi connectivity index (χ1) is 15.0. The molecule has 11 heteroatoms. The van der Waals surface area contributed by atoms with Crippen molar-refractivity contribution in [3.05, 3.63) is 60.4 Å².